The maximum absolute atomic E-state index is 13.0. The third-order valence-corrected chi connectivity index (χ3v) is 5.91. The summed E-state index contributed by atoms with van der Waals surface area (Å²) in [7, 11) is -4.07. The molecule has 0 radical (unpaired) electrons. The fourth-order valence-corrected chi connectivity index (χ4v) is 4.03. The van der Waals surface area contributed by atoms with Crippen LogP contribution in [0.25, 0.3) is 11.1 Å². The van der Waals surface area contributed by atoms with Crippen LogP contribution in [0.15, 0.2) is 72.0 Å². The number of hydrogen-bond donors (Lipinski definition) is 2. The molecule has 11 heteroatoms. The van der Waals surface area contributed by atoms with E-state index in [-0.39, 0.29) is 22.0 Å². The van der Waals surface area contributed by atoms with E-state index in [2.05, 4.69) is 19.9 Å². The number of nitrogens with one attached hydrogen (secondary N) is 2. The van der Waals surface area contributed by atoms with Crippen molar-refractivity contribution in [3.8, 4) is 28.7 Å². The predicted molar refractivity (Wildman–Crippen MR) is 115 cm³/mol. The summed E-state index contributed by atoms with van der Waals surface area (Å²) >= 11 is 6.10. The van der Waals surface area contributed by atoms with Crippen molar-refractivity contribution in [3.05, 3.63) is 83.5 Å². The summed E-state index contributed by atoms with van der Waals surface area (Å²) in [5.41, 5.74) is 1.35. The number of hydrogen-bond acceptors (Lipinski definition) is 6. The zero-order chi connectivity index (χ0) is 22.7. The lowest BCUT2D eigenvalue weighted by molar-refractivity contribution is 0.482. The third-order valence-electron chi connectivity index (χ3n) is 4.32. The molecule has 2 aromatic heterocycles. The third kappa shape index (κ3) is 4.54. The van der Waals surface area contributed by atoms with E-state index in [1.165, 1.54) is 24.3 Å². The second-order valence-corrected chi connectivity index (χ2v) is 8.59. The standard InChI is InChI=1S/C21H13ClFN5O3S/c22-15-1-4-20(18(8-15)14-10-26-27-11-14)31-19-5-3-17(7-13(19)9-24)32(29,30)28-21-6-2-16(23)12-25-21/h1-8,10-12H,(H,25,28)(H,26,27). The molecular weight excluding hydrogens is 457 g/mol. The Morgan fingerprint density at radius 3 is 2.59 bits per heavy atom. The van der Waals surface area contributed by atoms with Gasteiger partial charge in [-0.1, -0.05) is 11.6 Å². The summed E-state index contributed by atoms with van der Waals surface area (Å²) in [4.78, 5) is 3.49. The molecule has 8 nitrogen and oxygen atoms in total. The summed E-state index contributed by atoms with van der Waals surface area (Å²) < 4.78 is 46.5. The Morgan fingerprint density at radius 1 is 1.09 bits per heavy atom. The van der Waals surface area contributed by atoms with Crippen LogP contribution in [-0.4, -0.2) is 23.6 Å². The van der Waals surface area contributed by atoms with Gasteiger partial charge in [-0.05, 0) is 48.5 Å². The molecule has 0 unspecified atom stereocenters. The second-order valence-electron chi connectivity index (χ2n) is 6.47. The minimum absolute atomic E-state index is 0.00645. The topological polar surface area (TPSA) is 121 Å². The molecule has 0 aliphatic carbocycles. The minimum atomic E-state index is -4.07. The Kier molecular flexibility index (Phi) is 5.77. The van der Waals surface area contributed by atoms with E-state index in [1.807, 2.05) is 6.07 Å². The van der Waals surface area contributed by atoms with Crippen LogP contribution in [0.5, 0.6) is 11.5 Å². The molecule has 0 saturated carbocycles. The number of sulfonamides is 1. The van der Waals surface area contributed by atoms with Crippen LogP contribution in [0.3, 0.4) is 0 Å². The fourth-order valence-electron chi connectivity index (χ4n) is 2.82. The summed E-state index contributed by atoms with van der Waals surface area (Å²) in [5, 5.41) is 16.7. The second kappa shape index (κ2) is 8.66. The number of anilines is 1. The maximum Gasteiger partial charge on any atom is 0.263 e. The molecule has 0 fully saturated rings. The number of nitrogens with zero attached hydrogens (tertiary/aromatic N) is 3. The van der Waals surface area contributed by atoms with Gasteiger partial charge in [0.25, 0.3) is 10.0 Å². The van der Waals surface area contributed by atoms with Gasteiger partial charge in [-0.2, -0.15) is 10.4 Å². The molecule has 0 atom stereocenters. The van der Waals surface area contributed by atoms with Crippen LogP contribution in [0.4, 0.5) is 10.2 Å². The number of aromatic amines is 1. The molecule has 0 aliphatic rings. The first-order valence-corrected chi connectivity index (χ1v) is 10.9. The monoisotopic (exact) mass is 469 g/mol. The number of halogens is 2. The average Bonchev–Trinajstić information content (AvgIpc) is 3.31. The fraction of sp³-hybridized carbons (Fsp3) is 0. The summed E-state index contributed by atoms with van der Waals surface area (Å²) in [6.07, 6.45) is 4.14. The van der Waals surface area contributed by atoms with Crippen molar-refractivity contribution in [2.75, 3.05) is 4.72 Å². The highest BCUT2D eigenvalue weighted by Crippen LogP contribution is 2.36. The zero-order valence-electron chi connectivity index (χ0n) is 16.1. The van der Waals surface area contributed by atoms with Crippen molar-refractivity contribution >= 4 is 27.4 Å². The number of aromatic nitrogens is 3. The minimum Gasteiger partial charge on any atom is -0.455 e. The van der Waals surface area contributed by atoms with Crippen LogP contribution >= 0.6 is 11.6 Å². The number of pyridine rings is 1. The van der Waals surface area contributed by atoms with Gasteiger partial charge >= 0.3 is 0 Å². The van der Waals surface area contributed by atoms with Crippen molar-refractivity contribution in [2.45, 2.75) is 4.90 Å². The lowest BCUT2D eigenvalue weighted by Crippen LogP contribution is -2.14. The number of nitriles is 1. The number of H-pyrrole nitrogens is 1. The van der Waals surface area contributed by atoms with E-state index in [1.54, 1.807) is 30.6 Å². The molecule has 0 aliphatic heterocycles. The van der Waals surface area contributed by atoms with Crippen molar-refractivity contribution in [1.29, 1.82) is 5.26 Å². The van der Waals surface area contributed by atoms with Crippen molar-refractivity contribution in [3.63, 3.8) is 0 Å². The van der Waals surface area contributed by atoms with Crippen molar-refractivity contribution in [1.82, 2.24) is 15.2 Å². The van der Waals surface area contributed by atoms with Gasteiger partial charge in [0.15, 0.2) is 0 Å². The van der Waals surface area contributed by atoms with Crippen LogP contribution < -0.4 is 9.46 Å². The Bertz CT molecular complexity index is 1420. The molecule has 0 amide bonds. The molecule has 0 spiro atoms. The van der Waals surface area contributed by atoms with Crippen LogP contribution in [0.1, 0.15) is 5.56 Å². The van der Waals surface area contributed by atoms with Crippen LogP contribution in [0.2, 0.25) is 5.02 Å². The number of benzene rings is 2. The number of rotatable bonds is 6. The highest BCUT2D eigenvalue weighted by Gasteiger charge is 2.19. The molecule has 2 heterocycles. The van der Waals surface area contributed by atoms with Gasteiger partial charge in [0.05, 0.1) is 22.9 Å². The van der Waals surface area contributed by atoms with E-state index >= 15 is 0 Å². The molecule has 4 rings (SSSR count). The SMILES string of the molecule is N#Cc1cc(S(=O)(=O)Nc2ccc(F)cn2)ccc1Oc1ccc(Cl)cc1-c1cn[nH]c1. The molecule has 2 aromatic carbocycles. The first-order valence-electron chi connectivity index (χ1n) is 9.01. The maximum atomic E-state index is 13.0. The van der Waals surface area contributed by atoms with Gasteiger partial charge < -0.3 is 4.74 Å². The van der Waals surface area contributed by atoms with E-state index in [9.17, 15) is 18.1 Å². The Hall–Kier alpha value is -3.94. The van der Waals surface area contributed by atoms with Crippen molar-refractivity contribution < 1.29 is 17.5 Å². The molecule has 4 aromatic rings. The molecule has 0 bridgehead atoms. The van der Waals surface area contributed by atoms with Gasteiger partial charge in [0.2, 0.25) is 0 Å². The van der Waals surface area contributed by atoms with Crippen molar-refractivity contribution in [2.24, 2.45) is 0 Å². The lowest BCUT2D eigenvalue weighted by Gasteiger charge is -2.13. The van der Waals surface area contributed by atoms with Gasteiger partial charge in [0, 0.05) is 22.3 Å². The van der Waals surface area contributed by atoms with Gasteiger partial charge in [0.1, 0.15) is 29.2 Å². The Labute approximate surface area is 187 Å². The van der Waals surface area contributed by atoms with E-state index in [0.29, 0.717) is 16.3 Å². The van der Waals surface area contributed by atoms with Gasteiger partial charge in [-0.25, -0.2) is 17.8 Å². The largest absolute Gasteiger partial charge is 0.455 e. The molecular formula is C21H13ClFN5O3S. The average molecular weight is 470 g/mol. The predicted octanol–water partition coefficient (Wildman–Crippen LogP) is 4.73. The van der Waals surface area contributed by atoms with Gasteiger partial charge in [-0.15, -0.1) is 0 Å². The highest BCUT2D eigenvalue weighted by atomic mass is 35.5. The smallest absolute Gasteiger partial charge is 0.263 e. The zero-order valence-corrected chi connectivity index (χ0v) is 17.7. The highest BCUT2D eigenvalue weighted by molar-refractivity contribution is 7.92. The summed E-state index contributed by atoms with van der Waals surface area (Å²) in [6.45, 7) is 0. The Morgan fingerprint density at radius 2 is 1.91 bits per heavy atom. The summed E-state index contributed by atoms with van der Waals surface area (Å²) in [6, 6.07) is 13.0. The first-order chi connectivity index (χ1) is 15.4. The Balaban J connectivity index is 1.66. The number of ether oxygens (including phenoxy) is 1. The van der Waals surface area contributed by atoms with E-state index in [4.69, 9.17) is 16.3 Å². The molecule has 0 saturated heterocycles. The lowest BCUT2D eigenvalue weighted by atomic mass is 10.1. The molecule has 32 heavy (non-hydrogen) atoms. The van der Waals surface area contributed by atoms with Crippen LogP contribution in [-0.2, 0) is 10.0 Å². The molecule has 160 valence electrons. The first kappa shape index (κ1) is 21.3. The normalized spacial score (nSPS) is 11.0. The molecule has 2 N–H and O–H groups in total. The van der Waals surface area contributed by atoms with Crippen LogP contribution in [0, 0.1) is 17.1 Å². The quantitative estimate of drug-likeness (QED) is 0.421. The summed E-state index contributed by atoms with van der Waals surface area (Å²) in [5.74, 6) is -0.107. The van der Waals surface area contributed by atoms with E-state index < -0.39 is 15.8 Å². The van der Waals surface area contributed by atoms with E-state index in [0.717, 1.165) is 17.8 Å². The van der Waals surface area contributed by atoms with Gasteiger partial charge in [-0.3, -0.25) is 9.82 Å².